The van der Waals surface area contributed by atoms with Gasteiger partial charge in [0.25, 0.3) is 0 Å². The van der Waals surface area contributed by atoms with Gasteiger partial charge in [-0.25, -0.2) is 9.37 Å². The first kappa shape index (κ1) is 20.2. The van der Waals surface area contributed by atoms with E-state index in [2.05, 4.69) is 39.2 Å². The molecule has 4 nitrogen and oxygen atoms in total. The Morgan fingerprint density at radius 1 is 1.10 bits per heavy atom. The summed E-state index contributed by atoms with van der Waals surface area (Å²) in [4.78, 5) is 9.23. The molecule has 0 saturated carbocycles. The summed E-state index contributed by atoms with van der Waals surface area (Å²) in [6.45, 7) is 3.65. The molecule has 2 aromatic carbocycles. The molecule has 0 radical (unpaired) electrons. The third kappa shape index (κ3) is 4.49. The minimum Gasteiger partial charge on any atom is -0.356 e. The molecule has 5 rings (SSSR count). The molecular formula is C25H27FN4S. The molecule has 2 N–H and O–H groups in total. The van der Waals surface area contributed by atoms with Crippen LogP contribution in [-0.2, 0) is 19.3 Å². The number of aryl methyl sites for hydroxylation is 3. The Bertz CT molecular complexity index is 1130. The van der Waals surface area contributed by atoms with Crippen molar-refractivity contribution in [1.82, 2.24) is 10.3 Å². The lowest BCUT2D eigenvalue weighted by atomic mass is 9.90. The Balaban J connectivity index is 1.33. The third-order valence-electron chi connectivity index (χ3n) is 6.11. The van der Waals surface area contributed by atoms with Gasteiger partial charge in [-0.3, -0.25) is 4.99 Å². The Labute approximate surface area is 186 Å². The van der Waals surface area contributed by atoms with E-state index in [1.807, 2.05) is 13.0 Å². The number of nitrogens with one attached hydrogen (secondary N) is 2. The molecule has 3 aromatic rings. The van der Waals surface area contributed by atoms with Gasteiger partial charge in [-0.15, -0.1) is 11.3 Å². The van der Waals surface area contributed by atoms with Gasteiger partial charge in [0.05, 0.1) is 16.4 Å². The molecule has 0 atom stereocenters. The van der Waals surface area contributed by atoms with Gasteiger partial charge in [0.15, 0.2) is 5.96 Å². The minimum absolute atomic E-state index is 0.262. The summed E-state index contributed by atoms with van der Waals surface area (Å²) in [5.74, 6) is 0.383. The molecule has 0 bridgehead atoms. The number of hydrogen-bond donors (Lipinski definition) is 2. The van der Waals surface area contributed by atoms with Crippen LogP contribution in [0.5, 0.6) is 0 Å². The Kier molecular flexibility index (Phi) is 5.72. The van der Waals surface area contributed by atoms with Crippen molar-refractivity contribution < 1.29 is 4.39 Å². The number of thiazole rings is 1. The van der Waals surface area contributed by atoms with E-state index >= 15 is 0 Å². The van der Waals surface area contributed by atoms with Gasteiger partial charge >= 0.3 is 0 Å². The maximum absolute atomic E-state index is 14.8. The predicted molar refractivity (Wildman–Crippen MR) is 127 cm³/mol. The van der Waals surface area contributed by atoms with Crippen LogP contribution >= 0.6 is 11.3 Å². The van der Waals surface area contributed by atoms with Crippen molar-refractivity contribution in [3.05, 3.63) is 68.8 Å². The zero-order valence-electron chi connectivity index (χ0n) is 17.8. The highest BCUT2D eigenvalue weighted by molar-refractivity contribution is 7.10. The second-order valence-electron chi connectivity index (χ2n) is 8.39. The molecule has 1 aliphatic carbocycles. The first-order chi connectivity index (χ1) is 15.2. The number of rotatable bonds is 4. The van der Waals surface area contributed by atoms with E-state index in [4.69, 9.17) is 4.98 Å². The number of aromatic nitrogens is 1. The van der Waals surface area contributed by atoms with E-state index in [0.717, 1.165) is 41.3 Å². The largest absolute Gasteiger partial charge is 0.356 e. The highest BCUT2D eigenvalue weighted by Crippen LogP contribution is 2.30. The third-order valence-corrected chi connectivity index (χ3v) is 6.96. The molecule has 2 aliphatic rings. The molecule has 0 amide bonds. The van der Waals surface area contributed by atoms with Crippen LogP contribution in [0.25, 0.3) is 11.3 Å². The average Bonchev–Trinajstić information content (AvgIpc) is 3.26. The summed E-state index contributed by atoms with van der Waals surface area (Å²) >= 11 is 1.65. The van der Waals surface area contributed by atoms with Gasteiger partial charge in [-0.1, -0.05) is 12.1 Å². The standard InChI is InChI=1S/C25H27FN4S/c1-16-11-22(30-25-27-9-4-10-28-25)21(26)13-20(16)14-24-29-23(15-31-24)19-8-7-17-5-2-3-6-18(17)12-19/h7-8,11-13,15H,2-6,9-10,14H2,1H3,(H2,27,28,30). The molecule has 160 valence electrons. The monoisotopic (exact) mass is 434 g/mol. The van der Waals surface area contributed by atoms with E-state index in [-0.39, 0.29) is 5.82 Å². The summed E-state index contributed by atoms with van der Waals surface area (Å²) in [7, 11) is 0. The normalized spacial score (nSPS) is 15.7. The molecule has 0 unspecified atom stereocenters. The summed E-state index contributed by atoms with van der Waals surface area (Å²) in [5, 5.41) is 9.38. The van der Waals surface area contributed by atoms with Gasteiger partial charge in [0, 0.05) is 30.5 Å². The zero-order valence-corrected chi connectivity index (χ0v) is 18.6. The lowest BCUT2D eigenvalue weighted by Crippen LogP contribution is -2.35. The Hall–Kier alpha value is -2.73. The maximum Gasteiger partial charge on any atom is 0.195 e. The van der Waals surface area contributed by atoms with Gasteiger partial charge in [0.2, 0.25) is 0 Å². The van der Waals surface area contributed by atoms with Crippen LogP contribution in [-0.4, -0.2) is 24.0 Å². The molecular weight excluding hydrogens is 407 g/mol. The highest BCUT2D eigenvalue weighted by Gasteiger charge is 2.14. The van der Waals surface area contributed by atoms with Crippen molar-refractivity contribution in [3.8, 4) is 11.3 Å². The molecule has 0 saturated heterocycles. The van der Waals surface area contributed by atoms with Crippen molar-refractivity contribution in [2.24, 2.45) is 4.99 Å². The lowest BCUT2D eigenvalue weighted by molar-refractivity contribution is 0.629. The number of benzene rings is 2. The Morgan fingerprint density at radius 2 is 1.97 bits per heavy atom. The molecule has 1 aromatic heterocycles. The minimum atomic E-state index is -0.262. The fourth-order valence-electron chi connectivity index (χ4n) is 4.33. The molecule has 31 heavy (non-hydrogen) atoms. The molecule has 2 heterocycles. The number of fused-ring (bicyclic) bond motifs is 1. The van der Waals surface area contributed by atoms with Crippen molar-refractivity contribution in [1.29, 1.82) is 0 Å². The second kappa shape index (κ2) is 8.79. The number of hydrogen-bond acceptors (Lipinski definition) is 5. The second-order valence-corrected chi connectivity index (χ2v) is 9.33. The van der Waals surface area contributed by atoms with E-state index in [9.17, 15) is 4.39 Å². The maximum atomic E-state index is 14.8. The fourth-order valence-corrected chi connectivity index (χ4v) is 5.16. The molecule has 0 spiro atoms. The van der Waals surface area contributed by atoms with Crippen molar-refractivity contribution in [3.63, 3.8) is 0 Å². The highest BCUT2D eigenvalue weighted by atomic mass is 32.1. The van der Waals surface area contributed by atoms with E-state index < -0.39 is 0 Å². The van der Waals surface area contributed by atoms with Crippen LogP contribution < -0.4 is 10.6 Å². The number of halogens is 1. The van der Waals surface area contributed by atoms with Crippen LogP contribution in [0, 0.1) is 12.7 Å². The molecule has 1 aliphatic heterocycles. The van der Waals surface area contributed by atoms with Crippen molar-refractivity contribution in [2.45, 2.75) is 45.4 Å². The van der Waals surface area contributed by atoms with Crippen molar-refractivity contribution >= 4 is 23.0 Å². The Morgan fingerprint density at radius 3 is 2.81 bits per heavy atom. The SMILES string of the molecule is Cc1cc(NC2=NCCCN2)c(F)cc1Cc1nc(-c2ccc3c(c2)CCCC3)cs1. The van der Waals surface area contributed by atoms with Crippen LogP contribution in [0.2, 0.25) is 0 Å². The quantitative estimate of drug-likeness (QED) is 0.571. The number of anilines is 1. The molecule has 0 fully saturated rings. The van der Waals surface area contributed by atoms with E-state index in [0.29, 0.717) is 18.1 Å². The summed E-state index contributed by atoms with van der Waals surface area (Å²) in [6, 6.07) is 10.2. The van der Waals surface area contributed by atoms with Gasteiger partial charge in [-0.05, 0) is 79.5 Å². The van der Waals surface area contributed by atoms with Crippen LogP contribution in [0.1, 0.15) is 46.5 Å². The number of nitrogens with zero attached hydrogens (tertiary/aromatic N) is 2. The first-order valence-electron chi connectivity index (χ1n) is 11.1. The van der Waals surface area contributed by atoms with Crippen LogP contribution in [0.4, 0.5) is 10.1 Å². The lowest BCUT2D eigenvalue weighted by Gasteiger charge is -2.17. The number of guanidine groups is 1. The van der Waals surface area contributed by atoms with Gasteiger partial charge in [-0.2, -0.15) is 0 Å². The number of aliphatic imine (C=N–C) groups is 1. The van der Waals surface area contributed by atoms with Gasteiger partial charge < -0.3 is 10.6 Å². The smallest absolute Gasteiger partial charge is 0.195 e. The van der Waals surface area contributed by atoms with E-state index in [1.165, 1.54) is 42.4 Å². The van der Waals surface area contributed by atoms with Crippen LogP contribution in [0.15, 0.2) is 40.7 Å². The molecule has 6 heteroatoms. The van der Waals surface area contributed by atoms with Crippen molar-refractivity contribution in [2.75, 3.05) is 18.4 Å². The van der Waals surface area contributed by atoms with Crippen LogP contribution in [0.3, 0.4) is 0 Å². The predicted octanol–water partition coefficient (Wildman–Crippen LogP) is 5.49. The van der Waals surface area contributed by atoms with E-state index in [1.54, 1.807) is 17.4 Å². The van der Waals surface area contributed by atoms with Gasteiger partial charge in [0.1, 0.15) is 5.82 Å². The summed E-state index contributed by atoms with van der Waals surface area (Å²) < 4.78 is 14.8. The average molecular weight is 435 g/mol. The first-order valence-corrected chi connectivity index (χ1v) is 11.9. The topological polar surface area (TPSA) is 49.3 Å². The zero-order chi connectivity index (χ0) is 21.2. The summed E-state index contributed by atoms with van der Waals surface area (Å²) in [6.07, 6.45) is 6.57. The fraction of sp³-hybridized carbons (Fsp3) is 0.360. The summed E-state index contributed by atoms with van der Waals surface area (Å²) in [5.41, 5.74) is 7.63.